The number of hydrogen-bond donors (Lipinski definition) is 2. The molecule has 2 heterocycles. The van der Waals surface area contributed by atoms with Gasteiger partial charge in [-0.2, -0.15) is 11.3 Å². The number of thiophene rings is 1. The molecular weight excluding hydrogens is 320 g/mol. The highest BCUT2D eigenvalue weighted by atomic mass is 32.1. The molecule has 23 heavy (non-hydrogen) atoms. The largest absolute Gasteiger partial charge is 0.463 e. The molecule has 1 aliphatic heterocycles. The molecule has 1 atom stereocenters. The molecule has 0 aromatic carbocycles. The van der Waals surface area contributed by atoms with E-state index < -0.39 is 24.0 Å². The van der Waals surface area contributed by atoms with Crippen LogP contribution in [0.1, 0.15) is 19.4 Å². The number of esters is 2. The number of amides is 2. The molecule has 7 nitrogen and oxygen atoms in total. The topological polar surface area (TPSA) is 93.7 Å². The fourth-order valence-corrected chi connectivity index (χ4v) is 2.83. The lowest BCUT2D eigenvalue weighted by Gasteiger charge is -2.26. The van der Waals surface area contributed by atoms with Crippen molar-refractivity contribution < 1.29 is 23.9 Å². The second kappa shape index (κ2) is 7.77. The Hall–Kier alpha value is -2.35. The molecule has 0 saturated heterocycles. The van der Waals surface area contributed by atoms with Crippen LogP contribution in [0.4, 0.5) is 4.79 Å². The van der Waals surface area contributed by atoms with Gasteiger partial charge in [-0.05, 0) is 36.2 Å². The first kappa shape index (κ1) is 17.0. The van der Waals surface area contributed by atoms with Gasteiger partial charge in [0.15, 0.2) is 0 Å². The molecule has 0 spiro atoms. The predicted molar refractivity (Wildman–Crippen MR) is 83.8 cm³/mol. The van der Waals surface area contributed by atoms with Gasteiger partial charge in [0.1, 0.15) is 6.61 Å². The summed E-state index contributed by atoms with van der Waals surface area (Å²) in [6.07, 6.45) is 0.146. The van der Waals surface area contributed by atoms with Crippen molar-refractivity contribution in [2.75, 3.05) is 13.2 Å². The summed E-state index contributed by atoms with van der Waals surface area (Å²) < 4.78 is 10.1. The standard InChI is InChI=1S/C15H18N2O5S/c1-3-21-14(19)13-9(2)16-15(20)17-11(13)7-22-12(18)6-10-4-5-23-8-10/h4-5,8-9H,3,6-7H2,1-2H3,(H2,16,17,20). The second-order valence-corrected chi connectivity index (χ2v) is 5.68. The molecular formula is C15H18N2O5S. The van der Waals surface area contributed by atoms with E-state index in [1.165, 1.54) is 11.3 Å². The van der Waals surface area contributed by atoms with E-state index in [0.29, 0.717) is 0 Å². The predicted octanol–water partition coefficient (Wildman–Crippen LogP) is 1.35. The first-order valence-corrected chi connectivity index (χ1v) is 8.10. The molecule has 0 bridgehead atoms. The van der Waals surface area contributed by atoms with Crippen molar-refractivity contribution in [1.82, 2.24) is 10.6 Å². The fraction of sp³-hybridized carbons (Fsp3) is 0.400. The molecule has 2 N–H and O–H groups in total. The first-order valence-electron chi connectivity index (χ1n) is 7.15. The fourth-order valence-electron chi connectivity index (χ4n) is 2.16. The van der Waals surface area contributed by atoms with Gasteiger partial charge in [0.05, 0.1) is 30.3 Å². The summed E-state index contributed by atoms with van der Waals surface area (Å²) in [5.41, 5.74) is 1.37. The number of carbonyl (C=O) groups excluding carboxylic acids is 3. The van der Waals surface area contributed by atoms with Crippen molar-refractivity contribution >= 4 is 29.3 Å². The summed E-state index contributed by atoms with van der Waals surface area (Å²) in [5, 5.41) is 8.81. The van der Waals surface area contributed by atoms with Crippen LogP contribution in [0.5, 0.6) is 0 Å². The van der Waals surface area contributed by atoms with Crippen LogP contribution in [-0.4, -0.2) is 37.2 Å². The molecule has 0 saturated carbocycles. The summed E-state index contributed by atoms with van der Waals surface area (Å²) in [5.74, 6) is -0.976. The summed E-state index contributed by atoms with van der Waals surface area (Å²) in [4.78, 5) is 35.4. The van der Waals surface area contributed by atoms with E-state index in [9.17, 15) is 14.4 Å². The zero-order valence-corrected chi connectivity index (χ0v) is 13.7. The van der Waals surface area contributed by atoms with Gasteiger partial charge < -0.3 is 20.1 Å². The minimum absolute atomic E-state index is 0.146. The van der Waals surface area contributed by atoms with Gasteiger partial charge in [-0.1, -0.05) is 0 Å². The Morgan fingerprint density at radius 3 is 2.78 bits per heavy atom. The van der Waals surface area contributed by atoms with Crippen LogP contribution in [0.15, 0.2) is 28.1 Å². The Kier molecular flexibility index (Phi) is 5.75. The Labute approximate surface area is 137 Å². The quantitative estimate of drug-likeness (QED) is 0.764. The molecule has 1 aliphatic rings. The third kappa shape index (κ3) is 4.56. The van der Waals surface area contributed by atoms with Gasteiger partial charge in [-0.25, -0.2) is 9.59 Å². The number of urea groups is 1. The Balaban J connectivity index is 2.06. The molecule has 1 unspecified atom stereocenters. The SMILES string of the molecule is CCOC(=O)C1=C(COC(=O)Cc2ccsc2)NC(=O)NC1C. The minimum Gasteiger partial charge on any atom is -0.463 e. The number of carbonyl (C=O) groups is 3. The average Bonchev–Trinajstić information content (AvgIpc) is 2.97. The zero-order chi connectivity index (χ0) is 16.8. The lowest BCUT2D eigenvalue weighted by molar-refractivity contribution is -0.143. The van der Waals surface area contributed by atoms with Crippen LogP contribution >= 0.6 is 11.3 Å². The van der Waals surface area contributed by atoms with Crippen LogP contribution in [0.25, 0.3) is 0 Å². The highest BCUT2D eigenvalue weighted by Gasteiger charge is 2.30. The Morgan fingerprint density at radius 1 is 1.35 bits per heavy atom. The Bertz CT molecular complexity index is 624. The maximum absolute atomic E-state index is 12.0. The third-order valence-electron chi connectivity index (χ3n) is 3.17. The minimum atomic E-state index is -0.545. The van der Waals surface area contributed by atoms with E-state index in [1.54, 1.807) is 13.8 Å². The van der Waals surface area contributed by atoms with Crippen molar-refractivity contribution in [3.63, 3.8) is 0 Å². The Morgan fingerprint density at radius 2 is 2.13 bits per heavy atom. The first-order chi connectivity index (χ1) is 11.0. The van der Waals surface area contributed by atoms with E-state index in [0.717, 1.165) is 5.56 Å². The van der Waals surface area contributed by atoms with E-state index in [-0.39, 0.29) is 30.9 Å². The monoisotopic (exact) mass is 338 g/mol. The van der Waals surface area contributed by atoms with E-state index in [1.807, 2.05) is 16.8 Å². The molecule has 0 fully saturated rings. The van der Waals surface area contributed by atoms with Crippen molar-refractivity contribution in [3.05, 3.63) is 33.7 Å². The van der Waals surface area contributed by atoms with E-state index in [2.05, 4.69) is 10.6 Å². The molecule has 1 aromatic heterocycles. The van der Waals surface area contributed by atoms with E-state index >= 15 is 0 Å². The van der Waals surface area contributed by atoms with E-state index in [4.69, 9.17) is 9.47 Å². The molecule has 2 amide bonds. The summed E-state index contributed by atoms with van der Waals surface area (Å²) in [7, 11) is 0. The highest BCUT2D eigenvalue weighted by Crippen LogP contribution is 2.15. The molecule has 124 valence electrons. The van der Waals surface area contributed by atoms with Gasteiger partial charge in [-0.3, -0.25) is 4.79 Å². The van der Waals surface area contributed by atoms with Crippen molar-refractivity contribution in [1.29, 1.82) is 0 Å². The van der Waals surface area contributed by atoms with Gasteiger partial charge in [0, 0.05) is 0 Å². The zero-order valence-electron chi connectivity index (χ0n) is 12.9. The van der Waals surface area contributed by atoms with Gasteiger partial charge in [0.2, 0.25) is 0 Å². The summed E-state index contributed by atoms with van der Waals surface area (Å²) in [6, 6.07) is 0.867. The molecule has 2 rings (SSSR count). The van der Waals surface area contributed by atoms with Gasteiger partial charge in [-0.15, -0.1) is 0 Å². The van der Waals surface area contributed by atoms with Crippen LogP contribution in [0, 0.1) is 0 Å². The smallest absolute Gasteiger partial charge is 0.338 e. The summed E-state index contributed by atoms with van der Waals surface area (Å²) in [6.45, 7) is 3.39. The lowest BCUT2D eigenvalue weighted by atomic mass is 10.0. The number of ether oxygens (including phenoxy) is 2. The van der Waals surface area contributed by atoms with Crippen LogP contribution in [0.3, 0.4) is 0 Å². The van der Waals surface area contributed by atoms with Crippen LogP contribution in [-0.2, 0) is 25.5 Å². The molecule has 0 aliphatic carbocycles. The molecule has 8 heteroatoms. The molecule has 0 radical (unpaired) electrons. The molecule has 1 aromatic rings. The second-order valence-electron chi connectivity index (χ2n) is 4.90. The maximum Gasteiger partial charge on any atom is 0.338 e. The van der Waals surface area contributed by atoms with Gasteiger partial charge in [0.25, 0.3) is 0 Å². The normalized spacial score (nSPS) is 17.3. The number of rotatable bonds is 6. The maximum atomic E-state index is 12.0. The van der Waals surface area contributed by atoms with Gasteiger partial charge >= 0.3 is 18.0 Å². The highest BCUT2D eigenvalue weighted by molar-refractivity contribution is 7.07. The van der Waals surface area contributed by atoms with Crippen molar-refractivity contribution in [2.45, 2.75) is 26.3 Å². The van der Waals surface area contributed by atoms with Crippen LogP contribution in [0.2, 0.25) is 0 Å². The average molecular weight is 338 g/mol. The van der Waals surface area contributed by atoms with Crippen LogP contribution < -0.4 is 10.6 Å². The van der Waals surface area contributed by atoms with Crippen molar-refractivity contribution in [3.8, 4) is 0 Å². The summed E-state index contributed by atoms with van der Waals surface area (Å²) >= 11 is 1.49. The number of nitrogens with one attached hydrogen (secondary N) is 2. The third-order valence-corrected chi connectivity index (χ3v) is 3.90. The van der Waals surface area contributed by atoms with Crippen molar-refractivity contribution in [2.24, 2.45) is 0 Å². The lowest BCUT2D eigenvalue weighted by Crippen LogP contribution is -2.50. The number of hydrogen-bond acceptors (Lipinski definition) is 6.